The van der Waals surface area contributed by atoms with Crippen molar-refractivity contribution in [3.05, 3.63) is 83.9 Å². The molecule has 2 aromatic carbocycles. The minimum absolute atomic E-state index is 0.566. The molecule has 0 amide bonds. The lowest BCUT2D eigenvalue weighted by atomic mass is 9.77. The Bertz CT molecular complexity index is 729. The van der Waals surface area contributed by atoms with E-state index in [4.69, 9.17) is 0 Å². The average Bonchev–Trinajstić information content (AvgIpc) is 2.77. The molecular formula is C30H44. The Morgan fingerprint density at radius 1 is 0.600 bits per heavy atom. The van der Waals surface area contributed by atoms with Crippen LogP contribution in [0.1, 0.15) is 90.2 Å². The predicted octanol–water partition coefficient (Wildman–Crippen LogP) is 9.25. The topological polar surface area (TPSA) is 0 Å². The third-order valence-corrected chi connectivity index (χ3v) is 7.46. The van der Waals surface area contributed by atoms with E-state index < -0.39 is 0 Å². The summed E-state index contributed by atoms with van der Waals surface area (Å²) < 4.78 is 0. The third-order valence-electron chi connectivity index (χ3n) is 7.46. The van der Waals surface area contributed by atoms with E-state index in [-0.39, 0.29) is 0 Å². The van der Waals surface area contributed by atoms with Crippen molar-refractivity contribution in [2.45, 2.75) is 79.1 Å². The van der Waals surface area contributed by atoms with Crippen molar-refractivity contribution in [3.63, 3.8) is 0 Å². The van der Waals surface area contributed by atoms with Gasteiger partial charge >= 0.3 is 0 Å². The van der Waals surface area contributed by atoms with Crippen LogP contribution in [0.2, 0.25) is 0 Å². The Morgan fingerprint density at radius 3 is 1.60 bits per heavy atom. The van der Waals surface area contributed by atoms with Crippen molar-refractivity contribution in [2.24, 2.45) is 23.7 Å². The molecule has 164 valence electrons. The van der Waals surface area contributed by atoms with E-state index >= 15 is 0 Å². The van der Waals surface area contributed by atoms with Gasteiger partial charge in [0.25, 0.3) is 0 Å². The van der Waals surface area contributed by atoms with Gasteiger partial charge in [-0.2, -0.15) is 0 Å². The van der Waals surface area contributed by atoms with Crippen molar-refractivity contribution in [1.29, 1.82) is 0 Å². The second kappa shape index (κ2) is 12.1. The van der Waals surface area contributed by atoms with Gasteiger partial charge < -0.3 is 0 Å². The lowest BCUT2D eigenvalue weighted by Crippen LogP contribution is -2.17. The number of hydrogen-bond donors (Lipinski definition) is 0. The Balaban J connectivity index is 1.78. The van der Waals surface area contributed by atoms with Gasteiger partial charge in [0, 0.05) is 0 Å². The summed E-state index contributed by atoms with van der Waals surface area (Å²) in [7, 11) is 0. The fourth-order valence-corrected chi connectivity index (χ4v) is 4.77. The molecule has 0 bridgehead atoms. The van der Waals surface area contributed by atoms with Crippen LogP contribution < -0.4 is 0 Å². The van der Waals surface area contributed by atoms with Crippen LogP contribution in [0.15, 0.2) is 72.8 Å². The van der Waals surface area contributed by atoms with Crippen LogP contribution in [0, 0.1) is 23.7 Å². The molecule has 0 saturated carbocycles. The Hall–Kier alpha value is -1.82. The van der Waals surface area contributed by atoms with Gasteiger partial charge in [0.05, 0.1) is 0 Å². The fourth-order valence-electron chi connectivity index (χ4n) is 4.77. The zero-order valence-corrected chi connectivity index (χ0v) is 20.3. The summed E-state index contributed by atoms with van der Waals surface area (Å²) in [6, 6.07) is 21.9. The van der Waals surface area contributed by atoms with Crippen LogP contribution in [0.5, 0.6) is 0 Å². The molecule has 0 spiro atoms. The maximum absolute atomic E-state index is 4.53. The van der Waals surface area contributed by atoms with Crippen molar-refractivity contribution >= 4 is 0 Å². The summed E-state index contributed by atoms with van der Waals surface area (Å²) in [5, 5.41) is 0. The zero-order chi connectivity index (χ0) is 22.1. The van der Waals surface area contributed by atoms with Gasteiger partial charge in [-0.05, 0) is 72.3 Å². The highest BCUT2D eigenvalue weighted by molar-refractivity contribution is 5.20. The predicted molar refractivity (Wildman–Crippen MR) is 134 cm³/mol. The maximum atomic E-state index is 4.53. The molecule has 0 saturated heterocycles. The number of benzene rings is 2. The highest BCUT2D eigenvalue weighted by Crippen LogP contribution is 2.34. The van der Waals surface area contributed by atoms with Gasteiger partial charge in [-0.25, -0.2) is 0 Å². The molecule has 30 heavy (non-hydrogen) atoms. The number of allylic oxidation sites excluding steroid dienone is 1. The molecule has 0 heterocycles. The molecule has 0 nitrogen and oxygen atoms in total. The molecule has 2 rings (SSSR count). The second-order valence-corrected chi connectivity index (χ2v) is 10.0. The van der Waals surface area contributed by atoms with Gasteiger partial charge in [-0.1, -0.05) is 114 Å². The first-order valence-electron chi connectivity index (χ1n) is 12.1. The van der Waals surface area contributed by atoms with E-state index in [1.54, 1.807) is 0 Å². The molecule has 6 atom stereocenters. The molecule has 0 aromatic heterocycles. The summed E-state index contributed by atoms with van der Waals surface area (Å²) in [5.74, 6) is 3.87. The molecule has 0 aliphatic rings. The smallest absolute Gasteiger partial charge is 0.0185 e. The van der Waals surface area contributed by atoms with E-state index in [1.807, 2.05) is 0 Å². The summed E-state index contributed by atoms with van der Waals surface area (Å²) in [5.41, 5.74) is 4.36. The van der Waals surface area contributed by atoms with Gasteiger partial charge in [-0.3, -0.25) is 0 Å². The summed E-state index contributed by atoms with van der Waals surface area (Å²) in [4.78, 5) is 0. The van der Waals surface area contributed by atoms with E-state index in [0.29, 0.717) is 23.7 Å². The normalized spacial score (nSPS) is 17.5. The van der Waals surface area contributed by atoms with Crippen molar-refractivity contribution in [1.82, 2.24) is 0 Å². The summed E-state index contributed by atoms with van der Waals surface area (Å²) >= 11 is 0. The lowest BCUT2D eigenvalue weighted by molar-refractivity contribution is 0.296. The first-order chi connectivity index (χ1) is 14.3. The maximum Gasteiger partial charge on any atom is -0.0185 e. The van der Waals surface area contributed by atoms with E-state index in [9.17, 15) is 0 Å². The molecule has 0 fully saturated rings. The molecule has 0 aliphatic heterocycles. The Labute approximate surface area is 186 Å². The minimum atomic E-state index is 0.566. The number of rotatable bonds is 12. The van der Waals surface area contributed by atoms with E-state index in [0.717, 1.165) is 11.8 Å². The molecule has 2 aromatic rings. The largest absolute Gasteiger partial charge is 0.0993 e. The first kappa shape index (κ1) is 24.4. The minimum Gasteiger partial charge on any atom is -0.0993 e. The SMILES string of the molecule is C=C(C(C)CC(C)c1ccccc1)C(C)CC(C)C(C)CCC(C)c1ccccc1. The first-order valence-corrected chi connectivity index (χ1v) is 12.1. The van der Waals surface area contributed by atoms with Crippen LogP contribution in [0.4, 0.5) is 0 Å². The molecule has 0 N–H and O–H groups in total. The standard InChI is InChI=1S/C30H44/c1-22(18-19-23(2)29-14-10-8-11-15-29)24(3)20-25(4)28(7)26(5)21-27(6)30-16-12-9-13-17-30/h8-17,22-27H,7,18-21H2,1-6H3. The molecule has 0 heteroatoms. The summed E-state index contributed by atoms with van der Waals surface area (Å²) in [6.07, 6.45) is 5.02. The highest BCUT2D eigenvalue weighted by Gasteiger charge is 2.22. The van der Waals surface area contributed by atoms with Gasteiger partial charge in [-0.15, -0.1) is 0 Å². The Morgan fingerprint density at radius 2 is 1.07 bits per heavy atom. The van der Waals surface area contributed by atoms with Gasteiger partial charge in [0.15, 0.2) is 0 Å². The van der Waals surface area contributed by atoms with Gasteiger partial charge in [0.1, 0.15) is 0 Å². The van der Waals surface area contributed by atoms with Crippen molar-refractivity contribution < 1.29 is 0 Å². The van der Waals surface area contributed by atoms with E-state index in [2.05, 4.69) is 109 Å². The van der Waals surface area contributed by atoms with Crippen molar-refractivity contribution in [3.8, 4) is 0 Å². The van der Waals surface area contributed by atoms with Crippen LogP contribution in [-0.4, -0.2) is 0 Å². The molecule has 0 radical (unpaired) electrons. The van der Waals surface area contributed by atoms with Gasteiger partial charge in [0.2, 0.25) is 0 Å². The quantitative estimate of drug-likeness (QED) is 0.309. The van der Waals surface area contributed by atoms with Crippen LogP contribution in [0.25, 0.3) is 0 Å². The average molecular weight is 405 g/mol. The summed E-state index contributed by atoms with van der Waals surface area (Å²) in [6.45, 7) is 18.9. The van der Waals surface area contributed by atoms with Crippen LogP contribution >= 0.6 is 0 Å². The second-order valence-electron chi connectivity index (χ2n) is 10.0. The third kappa shape index (κ3) is 7.46. The highest BCUT2D eigenvalue weighted by atomic mass is 14.3. The van der Waals surface area contributed by atoms with E-state index in [1.165, 1.54) is 42.4 Å². The van der Waals surface area contributed by atoms with Crippen LogP contribution in [0.3, 0.4) is 0 Å². The Kier molecular flexibility index (Phi) is 9.89. The fraction of sp³-hybridized carbons (Fsp3) is 0.533. The molecule has 6 unspecified atom stereocenters. The number of hydrogen-bond acceptors (Lipinski definition) is 0. The molecular weight excluding hydrogens is 360 g/mol. The molecule has 0 aliphatic carbocycles. The monoisotopic (exact) mass is 404 g/mol. The van der Waals surface area contributed by atoms with Crippen molar-refractivity contribution in [2.75, 3.05) is 0 Å². The van der Waals surface area contributed by atoms with Crippen LogP contribution in [-0.2, 0) is 0 Å². The lowest BCUT2D eigenvalue weighted by Gasteiger charge is -2.28. The zero-order valence-electron chi connectivity index (χ0n) is 20.3.